The third-order valence-electron chi connectivity index (χ3n) is 5.28. The predicted molar refractivity (Wildman–Crippen MR) is 111 cm³/mol. The lowest BCUT2D eigenvalue weighted by molar-refractivity contribution is -0.125. The van der Waals surface area contributed by atoms with Gasteiger partial charge in [-0.05, 0) is 55.2 Å². The molecule has 0 spiro atoms. The van der Waals surface area contributed by atoms with Crippen LogP contribution in [0.3, 0.4) is 0 Å². The van der Waals surface area contributed by atoms with Crippen LogP contribution in [0.25, 0.3) is 10.9 Å². The van der Waals surface area contributed by atoms with E-state index in [9.17, 15) is 9.59 Å². The van der Waals surface area contributed by atoms with Gasteiger partial charge in [0.25, 0.3) is 0 Å². The molecule has 1 heterocycles. The van der Waals surface area contributed by atoms with Crippen LogP contribution in [0.15, 0.2) is 48.7 Å². The van der Waals surface area contributed by atoms with Gasteiger partial charge in [-0.2, -0.15) is 0 Å². The Hall–Kier alpha value is -2.79. The summed E-state index contributed by atoms with van der Waals surface area (Å²) in [6.45, 7) is 2.45. The molecule has 2 unspecified atom stereocenters. The molecule has 2 amide bonds. The largest absolute Gasteiger partial charge is 0.361 e. The number of benzene rings is 2. The standard InChI is InChI=1S/C22H22ClN3O2/c1-13-10-15(23)6-7-19(13)26-22(28)18-11-17(18)21(27)24-9-8-14-12-25-20-5-3-2-4-16(14)20/h2-7,10,12,17-18,25H,8-9,11H2,1H3,(H,24,27)(H,26,28). The molecule has 1 fully saturated rings. The predicted octanol–water partition coefficient (Wildman–Crippen LogP) is 4.06. The molecule has 28 heavy (non-hydrogen) atoms. The van der Waals surface area contributed by atoms with Crippen LogP contribution in [0.4, 0.5) is 5.69 Å². The van der Waals surface area contributed by atoms with Crippen LogP contribution in [-0.2, 0) is 16.0 Å². The maximum absolute atomic E-state index is 12.4. The fourth-order valence-corrected chi connectivity index (χ4v) is 3.78. The molecule has 4 rings (SSSR count). The van der Waals surface area contributed by atoms with Gasteiger partial charge in [0.1, 0.15) is 0 Å². The highest BCUT2D eigenvalue weighted by atomic mass is 35.5. The summed E-state index contributed by atoms with van der Waals surface area (Å²) in [7, 11) is 0. The van der Waals surface area contributed by atoms with Gasteiger partial charge in [-0.1, -0.05) is 29.8 Å². The Labute approximate surface area is 168 Å². The van der Waals surface area contributed by atoms with Crippen molar-refractivity contribution >= 4 is 40.0 Å². The summed E-state index contributed by atoms with van der Waals surface area (Å²) < 4.78 is 0. The van der Waals surface area contributed by atoms with Crippen LogP contribution in [0.1, 0.15) is 17.5 Å². The highest BCUT2D eigenvalue weighted by Gasteiger charge is 2.47. The lowest BCUT2D eigenvalue weighted by Gasteiger charge is -2.09. The van der Waals surface area contributed by atoms with Crippen molar-refractivity contribution in [3.8, 4) is 0 Å². The molecule has 0 saturated heterocycles. The number of fused-ring (bicyclic) bond motifs is 1. The minimum atomic E-state index is -0.261. The number of aryl methyl sites for hydroxylation is 1. The van der Waals surface area contributed by atoms with E-state index in [0.29, 0.717) is 18.0 Å². The number of anilines is 1. The van der Waals surface area contributed by atoms with Crippen molar-refractivity contribution in [3.05, 3.63) is 64.8 Å². The number of H-pyrrole nitrogens is 1. The number of para-hydroxylation sites is 1. The zero-order valence-electron chi connectivity index (χ0n) is 15.6. The van der Waals surface area contributed by atoms with Crippen molar-refractivity contribution in [2.45, 2.75) is 19.8 Å². The third-order valence-corrected chi connectivity index (χ3v) is 5.51. The second-order valence-corrected chi connectivity index (χ2v) is 7.73. The van der Waals surface area contributed by atoms with Crippen molar-refractivity contribution < 1.29 is 9.59 Å². The number of halogens is 1. The van der Waals surface area contributed by atoms with Crippen LogP contribution in [0.5, 0.6) is 0 Å². The van der Waals surface area contributed by atoms with E-state index in [1.165, 1.54) is 10.9 Å². The number of aromatic nitrogens is 1. The van der Waals surface area contributed by atoms with Gasteiger partial charge >= 0.3 is 0 Å². The zero-order valence-corrected chi connectivity index (χ0v) is 16.3. The van der Waals surface area contributed by atoms with Crippen molar-refractivity contribution in [2.75, 3.05) is 11.9 Å². The Balaban J connectivity index is 1.26. The van der Waals surface area contributed by atoms with Gasteiger partial charge in [0, 0.05) is 34.4 Å². The quantitative estimate of drug-likeness (QED) is 0.588. The molecule has 1 aromatic heterocycles. The maximum Gasteiger partial charge on any atom is 0.228 e. The average molecular weight is 396 g/mol. The Morgan fingerprint density at radius 2 is 1.93 bits per heavy atom. The molecule has 1 saturated carbocycles. The molecule has 144 valence electrons. The summed E-state index contributed by atoms with van der Waals surface area (Å²) in [5.41, 5.74) is 3.92. The monoisotopic (exact) mass is 395 g/mol. The van der Waals surface area contributed by atoms with E-state index in [2.05, 4.69) is 21.7 Å². The van der Waals surface area contributed by atoms with Crippen LogP contribution >= 0.6 is 11.6 Å². The fourth-order valence-electron chi connectivity index (χ4n) is 3.56. The van der Waals surface area contributed by atoms with Crippen LogP contribution in [0, 0.1) is 18.8 Å². The van der Waals surface area contributed by atoms with E-state index < -0.39 is 0 Å². The van der Waals surface area contributed by atoms with Crippen molar-refractivity contribution in [3.63, 3.8) is 0 Å². The van der Waals surface area contributed by atoms with E-state index in [-0.39, 0.29) is 23.7 Å². The molecule has 3 aromatic rings. The maximum atomic E-state index is 12.4. The highest BCUT2D eigenvalue weighted by Crippen LogP contribution is 2.39. The molecule has 6 heteroatoms. The summed E-state index contributed by atoms with van der Waals surface area (Å²) in [4.78, 5) is 28.0. The molecule has 3 N–H and O–H groups in total. The number of rotatable bonds is 6. The van der Waals surface area contributed by atoms with Gasteiger partial charge in [-0.15, -0.1) is 0 Å². The molecular formula is C22H22ClN3O2. The van der Waals surface area contributed by atoms with Crippen LogP contribution in [-0.4, -0.2) is 23.3 Å². The molecular weight excluding hydrogens is 374 g/mol. The van der Waals surface area contributed by atoms with Crippen molar-refractivity contribution in [2.24, 2.45) is 11.8 Å². The van der Waals surface area contributed by atoms with Gasteiger partial charge in [-0.25, -0.2) is 0 Å². The lowest BCUT2D eigenvalue weighted by Crippen LogP contribution is -2.29. The number of carbonyl (C=O) groups is 2. The number of nitrogens with one attached hydrogen (secondary N) is 3. The van der Waals surface area contributed by atoms with Crippen LogP contribution in [0.2, 0.25) is 5.02 Å². The summed E-state index contributed by atoms with van der Waals surface area (Å²) in [6.07, 6.45) is 3.33. The van der Waals surface area contributed by atoms with E-state index in [1.54, 1.807) is 18.2 Å². The van der Waals surface area contributed by atoms with Crippen LogP contribution < -0.4 is 10.6 Å². The summed E-state index contributed by atoms with van der Waals surface area (Å²) in [6, 6.07) is 13.4. The molecule has 2 aromatic carbocycles. The summed E-state index contributed by atoms with van der Waals surface area (Å²) >= 11 is 5.94. The first-order chi connectivity index (χ1) is 13.5. The average Bonchev–Trinajstić information content (AvgIpc) is 3.39. The normalized spacial score (nSPS) is 18.1. The zero-order chi connectivity index (χ0) is 19.7. The Morgan fingerprint density at radius 1 is 1.14 bits per heavy atom. The van der Waals surface area contributed by atoms with E-state index in [0.717, 1.165) is 23.2 Å². The highest BCUT2D eigenvalue weighted by molar-refractivity contribution is 6.30. The van der Waals surface area contributed by atoms with E-state index in [1.807, 2.05) is 31.3 Å². The molecule has 0 aliphatic heterocycles. The third kappa shape index (κ3) is 3.90. The topological polar surface area (TPSA) is 74.0 Å². The molecule has 0 radical (unpaired) electrons. The molecule has 2 atom stereocenters. The van der Waals surface area contributed by atoms with E-state index in [4.69, 9.17) is 11.6 Å². The van der Waals surface area contributed by atoms with Gasteiger partial charge in [-0.3, -0.25) is 9.59 Å². The minimum absolute atomic E-state index is 0.0483. The number of carbonyl (C=O) groups excluding carboxylic acids is 2. The second-order valence-electron chi connectivity index (χ2n) is 7.30. The van der Waals surface area contributed by atoms with Gasteiger partial charge in [0.05, 0.1) is 11.8 Å². The second kappa shape index (κ2) is 7.68. The fraction of sp³-hybridized carbons (Fsp3) is 0.273. The number of amides is 2. The number of hydrogen-bond acceptors (Lipinski definition) is 2. The minimum Gasteiger partial charge on any atom is -0.361 e. The van der Waals surface area contributed by atoms with E-state index >= 15 is 0 Å². The van der Waals surface area contributed by atoms with Gasteiger partial charge in [0.15, 0.2) is 0 Å². The molecule has 0 bridgehead atoms. The van der Waals surface area contributed by atoms with Crippen molar-refractivity contribution in [1.82, 2.24) is 10.3 Å². The van der Waals surface area contributed by atoms with Gasteiger partial charge < -0.3 is 15.6 Å². The molecule has 1 aliphatic rings. The summed E-state index contributed by atoms with van der Waals surface area (Å²) in [5.74, 6) is -0.659. The Kier molecular flexibility index (Phi) is 5.09. The first-order valence-corrected chi connectivity index (χ1v) is 9.80. The number of hydrogen-bond donors (Lipinski definition) is 3. The smallest absolute Gasteiger partial charge is 0.228 e. The number of aromatic amines is 1. The lowest BCUT2D eigenvalue weighted by atomic mass is 10.1. The van der Waals surface area contributed by atoms with Crippen molar-refractivity contribution in [1.29, 1.82) is 0 Å². The van der Waals surface area contributed by atoms with Gasteiger partial charge in [0.2, 0.25) is 11.8 Å². The molecule has 1 aliphatic carbocycles. The Morgan fingerprint density at radius 3 is 2.75 bits per heavy atom. The molecule has 5 nitrogen and oxygen atoms in total. The summed E-state index contributed by atoms with van der Waals surface area (Å²) in [5, 5.41) is 7.68. The first kappa shape index (κ1) is 18.6. The SMILES string of the molecule is Cc1cc(Cl)ccc1NC(=O)C1CC1C(=O)NCCc1c[nH]c2ccccc12. The first-order valence-electron chi connectivity index (χ1n) is 9.42. The Bertz CT molecular complexity index is 1040.